The fourth-order valence-corrected chi connectivity index (χ4v) is 5.90. The first-order valence-corrected chi connectivity index (χ1v) is 10.2. The lowest BCUT2D eigenvalue weighted by Crippen LogP contribution is -2.11. The molecule has 12 heteroatoms. The molecule has 0 atom stereocenters. The van der Waals surface area contributed by atoms with Crippen molar-refractivity contribution in [1.82, 2.24) is 0 Å². The van der Waals surface area contributed by atoms with Gasteiger partial charge in [0, 0.05) is 10.6 Å². The molecule has 0 aliphatic heterocycles. The van der Waals surface area contributed by atoms with Crippen molar-refractivity contribution in [3.8, 4) is 0 Å². The zero-order valence-electron chi connectivity index (χ0n) is 10.7. The molecule has 0 saturated carbocycles. The zero-order valence-corrected chi connectivity index (χ0v) is 20.1. The average molecular weight is 567 g/mol. The van der Waals surface area contributed by atoms with Crippen LogP contribution in [0, 0.1) is 0 Å². The third-order valence-electron chi connectivity index (χ3n) is 2.67. The fraction of sp³-hybridized carbons (Fsp3) is 0. The van der Waals surface area contributed by atoms with Crippen LogP contribution in [-0.4, -0.2) is 0 Å². The van der Waals surface area contributed by atoms with E-state index in [-0.39, 0.29) is 71.2 Å². The largest absolute Gasteiger partial charge is 0.147 e. The zero-order chi connectivity index (χ0) is 17.6. The van der Waals surface area contributed by atoms with E-state index in [9.17, 15) is 0 Å². The topological polar surface area (TPSA) is 0 Å². The van der Waals surface area contributed by atoms with Gasteiger partial charge in [0.1, 0.15) is 0 Å². The summed E-state index contributed by atoms with van der Waals surface area (Å²) >= 11 is 61.0. The fourth-order valence-electron chi connectivity index (χ4n) is 1.55. The maximum atomic E-state index is 6.21. The van der Waals surface area contributed by atoms with Gasteiger partial charge in [-0.25, -0.2) is 0 Å². The first kappa shape index (κ1) is 24.1. The Morgan fingerprint density at radius 1 is 0.333 bits per heavy atom. The Labute approximate surface area is 196 Å². The number of hydrogen-bond acceptors (Lipinski definition) is 0. The molecule has 2 aromatic carbocycles. The first-order chi connectivity index (χ1) is 10.6. The van der Waals surface area contributed by atoms with Crippen LogP contribution in [0.4, 0.5) is 0 Å². The van der Waals surface area contributed by atoms with Crippen LogP contribution in [0.15, 0.2) is 0 Å². The second-order valence-corrected chi connectivity index (χ2v) is 9.04. The van der Waals surface area contributed by atoms with Crippen LogP contribution in [0.25, 0.3) is 0 Å². The number of rotatable bonds is 2. The third-order valence-corrected chi connectivity index (χ3v) is 9.36. The van der Waals surface area contributed by atoms with Gasteiger partial charge in [0.05, 0.1) is 50.2 Å². The van der Waals surface area contributed by atoms with E-state index < -0.39 is 0 Å². The lowest BCUT2D eigenvalue weighted by molar-refractivity contribution is 1.74. The van der Waals surface area contributed by atoms with E-state index >= 15 is 0 Å². The van der Waals surface area contributed by atoms with Gasteiger partial charge in [0.15, 0.2) is 0 Å². The molecule has 0 aromatic heterocycles. The Hall–Kier alpha value is 2.06. The Balaban J connectivity index is 0.00000288. The maximum absolute atomic E-state index is 6.21. The predicted molar refractivity (Wildman–Crippen MR) is 118 cm³/mol. The van der Waals surface area contributed by atoms with Gasteiger partial charge in [0.25, 0.3) is 0 Å². The lowest BCUT2D eigenvalue weighted by Gasteiger charge is -2.16. The van der Waals surface area contributed by atoms with Gasteiger partial charge >= 0.3 is 0 Å². The SMILES string of the molecule is Cl.Clc1c(Cl)c(Cl)c(Pc2c(Cl)c(Cl)c(Cl)c(Cl)c2Cl)c(Cl)c1Cl. The second-order valence-electron chi connectivity index (χ2n) is 4.01. The number of hydrogen-bond donors (Lipinski definition) is 0. The highest BCUT2D eigenvalue weighted by atomic mass is 35.5. The normalized spacial score (nSPS) is 10.8. The Morgan fingerprint density at radius 2 is 0.500 bits per heavy atom. The minimum Gasteiger partial charge on any atom is -0.147 e. The van der Waals surface area contributed by atoms with E-state index in [2.05, 4.69) is 0 Å². The molecule has 0 amide bonds. The summed E-state index contributed by atoms with van der Waals surface area (Å²) in [5, 5.41) is 1.77. The van der Waals surface area contributed by atoms with E-state index in [4.69, 9.17) is 116 Å². The smallest absolute Gasteiger partial charge is 0.0809 e. The van der Waals surface area contributed by atoms with Gasteiger partial charge in [-0.2, -0.15) is 0 Å². The van der Waals surface area contributed by atoms with Crippen LogP contribution in [0.5, 0.6) is 0 Å². The summed E-state index contributed by atoms with van der Waals surface area (Å²) in [5.41, 5.74) is 0. The molecule has 0 radical (unpaired) electrons. The van der Waals surface area contributed by atoms with Crippen molar-refractivity contribution in [2.75, 3.05) is 0 Å². The molecule has 0 saturated heterocycles. The highest BCUT2D eigenvalue weighted by molar-refractivity contribution is 7.57. The molecule has 2 aromatic rings. The molecule has 2 rings (SSSR count). The molecule has 0 fully saturated rings. The van der Waals surface area contributed by atoms with Gasteiger partial charge in [-0.05, 0) is 0 Å². The lowest BCUT2D eigenvalue weighted by atomic mass is 10.3. The van der Waals surface area contributed by atoms with Crippen molar-refractivity contribution in [2.45, 2.75) is 0 Å². The summed E-state index contributed by atoms with van der Waals surface area (Å²) in [4.78, 5) is 0. The van der Waals surface area contributed by atoms with Crippen molar-refractivity contribution >= 4 is 148 Å². The highest BCUT2D eigenvalue weighted by Gasteiger charge is 2.24. The quantitative estimate of drug-likeness (QED) is 0.193. The van der Waals surface area contributed by atoms with Gasteiger partial charge in [0.2, 0.25) is 0 Å². The molecule has 0 nitrogen and oxygen atoms in total. The van der Waals surface area contributed by atoms with Crippen LogP contribution in [0.2, 0.25) is 50.2 Å². The predicted octanol–water partition coefficient (Wildman–Crippen LogP) is 9.27. The van der Waals surface area contributed by atoms with Gasteiger partial charge in [-0.1, -0.05) is 125 Å². The molecule has 132 valence electrons. The summed E-state index contributed by atoms with van der Waals surface area (Å²) in [6.45, 7) is 0. The van der Waals surface area contributed by atoms with E-state index in [1.54, 1.807) is 0 Å². The van der Waals surface area contributed by atoms with Crippen molar-refractivity contribution < 1.29 is 0 Å². The summed E-state index contributed by atoms with van der Waals surface area (Å²) in [6, 6.07) is 0. The van der Waals surface area contributed by atoms with Gasteiger partial charge < -0.3 is 0 Å². The standard InChI is InChI=1S/C12HCl10P.ClH/c13-1-3(15)7(19)11(8(20)4(1)16)23-12-9(21)5(17)2(14)6(18)10(12)22;/h23H;1H. The van der Waals surface area contributed by atoms with Crippen LogP contribution >= 0.6 is 137 Å². The van der Waals surface area contributed by atoms with Crippen molar-refractivity contribution in [3.05, 3.63) is 50.2 Å². The monoisotopic (exact) mass is 562 g/mol. The molecule has 0 unspecified atom stereocenters. The highest BCUT2D eigenvalue weighted by Crippen LogP contribution is 2.45. The molecule has 24 heavy (non-hydrogen) atoms. The summed E-state index contributed by atoms with van der Waals surface area (Å²) in [5.74, 6) is 0. The summed E-state index contributed by atoms with van der Waals surface area (Å²) in [7, 11) is -0.232. The second kappa shape index (κ2) is 9.51. The number of halogens is 11. The first-order valence-electron chi connectivity index (χ1n) is 5.39. The molecule has 0 heterocycles. The minimum atomic E-state index is -0.232. The van der Waals surface area contributed by atoms with Gasteiger partial charge in [-0.15, -0.1) is 12.4 Å². The molecule has 0 aliphatic rings. The molecular formula is C12H2Cl11P. The van der Waals surface area contributed by atoms with Crippen molar-refractivity contribution in [1.29, 1.82) is 0 Å². The van der Waals surface area contributed by atoms with E-state index in [0.717, 1.165) is 0 Å². The van der Waals surface area contributed by atoms with Crippen LogP contribution in [-0.2, 0) is 0 Å². The Bertz CT molecular complexity index is 692. The van der Waals surface area contributed by atoms with Crippen LogP contribution in [0.1, 0.15) is 0 Å². The van der Waals surface area contributed by atoms with Crippen molar-refractivity contribution in [3.63, 3.8) is 0 Å². The summed E-state index contributed by atoms with van der Waals surface area (Å²) < 4.78 is 0. The third kappa shape index (κ3) is 4.38. The van der Waals surface area contributed by atoms with E-state index in [0.29, 0.717) is 10.6 Å². The van der Waals surface area contributed by atoms with E-state index in [1.807, 2.05) is 0 Å². The summed E-state index contributed by atoms with van der Waals surface area (Å²) in [6.07, 6.45) is 0. The Kier molecular flexibility index (Phi) is 9.55. The average Bonchev–Trinajstić information content (AvgIpc) is 2.54. The van der Waals surface area contributed by atoms with Crippen LogP contribution < -0.4 is 10.6 Å². The van der Waals surface area contributed by atoms with Gasteiger partial charge in [-0.3, -0.25) is 0 Å². The molecule has 0 spiro atoms. The number of benzene rings is 2. The van der Waals surface area contributed by atoms with Crippen LogP contribution in [0.3, 0.4) is 0 Å². The minimum absolute atomic E-state index is 0. The molecule has 0 N–H and O–H groups in total. The molecular weight excluding hydrogens is 565 g/mol. The molecule has 0 bridgehead atoms. The Morgan fingerprint density at radius 3 is 0.708 bits per heavy atom. The van der Waals surface area contributed by atoms with E-state index in [1.165, 1.54) is 0 Å². The molecule has 0 aliphatic carbocycles. The maximum Gasteiger partial charge on any atom is 0.0809 e. The van der Waals surface area contributed by atoms with Crippen molar-refractivity contribution in [2.24, 2.45) is 0 Å².